The van der Waals surface area contributed by atoms with Crippen LogP contribution in [0.3, 0.4) is 0 Å². The number of aromatic nitrogens is 1. The molecule has 0 aromatic carbocycles. The molecule has 0 aliphatic heterocycles. The first kappa shape index (κ1) is 15.5. The first-order valence-corrected chi connectivity index (χ1v) is 6.77. The highest BCUT2D eigenvalue weighted by molar-refractivity contribution is 7.09. The van der Waals surface area contributed by atoms with E-state index in [1.165, 1.54) is 0 Å². The number of methoxy groups -OCH3 is 2. The van der Waals surface area contributed by atoms with Gasteiger partial charge < -0.3 is 9.47 Å². The molecule has 1 atom stereocenters. The first-order chi connectivity index (χ1) is 8.42. The minimum absolute atomic E-state index is 0.0717. The third-order valence-electron chi connectivity index (χ3n) is 2.72. The summed E-state index contributed by atoms with van der Waals surface area (Å²) in [4.78, 5) is 4.63. The smallest absolute Gasteiger partial charge is 0.173 e. The zero-order valence-electron chi connectivity index (χ0n) is 11.7. The summed E-state index contributed by atoms with van der Waals surface area (Å²) >= 11 is 1.64. The minimum Gasteiger partial charge on any atom is -0.354 e. The van der Waals surface area contributed by atoms with Crippen LogP contribution in [0, 0.1) is 0 Å². The van der Waals surface area contributed by atoms with Crippen molar-refractivity contribution in [1.29, 1.82) is 0 Å². The number of thiazole rings is 1. The molecule has 0 spiro atoms. The predicted octanol–water partition coefficient (Wildman–Crippen LogP) is 1.43. The average Bonchev–Trinajstić information content (AvgIpc) is 2.77. The summed E-state index contributed by atoms with van der Waals surface area (Å²) in [6, 6.07) is -0.112. The molecule has 0 saturated heterocycles. The average molecular weight is 273 g/mol. The van der Waals surface area contributed by atoms with E-state index in [-0.39, 0.29) is 17.7 Å². The monoisotopic (exact) mass is 273 g/mol. The van der Waals surface area contributed by atoms with Crippen LogP contribution in [0.25, 0.3) is 0 Å². The van der Waals surface area contributed by atoms with E-state index in [0.717, 1.165) is 10.7 Å². The van der Waals surface area contributed by atoms with Gasteiger partial charge in [0, 0.05) is 31.4 Å². The fourth-order valence-corrected chi connectivity index (χ4v) is 2.68. The maximum atomic E-state index is 5.53. The molecule has 0 amide bonds. The van der Waals surface area contributed by atoms with Gasteiger partial charge in [-0.3, -0.25) is 11.3 Å². The third kappa shape index (κ3) is 4.00. The Morgan fingerprint density at radius 3 is 2.39 bits per heavy atom. The van der Waals surface area contributed by atoms with Crippen molar-refractivity contribution in [1.82, 2.24) is 10.4 Å². The summed E-state index contributed by atoms with van der Waals surface area (Å²) in [5.41, 5.74) is 3.89. The van der Waals surface area contributed by atoms with Gasteiger partial charge in [-0.2, -0.15) is 0 Å². The zero-order chi connectivity index (χ0) is 13.8. The minimum atomic E-state index is -0.378. The standard InChI is InChI=1S/C12H23N3O2S/c1-12(2,3)9-7-18-10(14-9)6-8(15-13)11(16-4)17-5/h7-8,11,15H,6,13H2,1-5H3. The van der Waals surface area contributed by atoms with Crippen molar-refractivity contribution in [2.75, 3.05) is 14.2 Å². The molecule has 1 aromatic rings. The summed E-state index contributed by atoms with van der Waals surface area (Å²) in [6.45, 7) is 6.45. The van der Waals surface area contributed by atoms with Gasteiger partial charge in [0.15, 0.2) is 6.29 Å². The Kier molecular flexibility index (Phi) is 5.68. The number of hydrogen-bond donors (Lipinski definition) is 2. The van der Waals surface area contributed by atoms with Crippen LogP contribution in [0.1, 0.15) is 31.5 Å². The maximum Gasteiger partial charge on any atom is 0.173 e. The van der Waals surface area contributed by atoms with Crippen molar-refractivity contribution >= 4 is 11.3 Å². The second-order valence-corrected chi connectivity index (χ2v) is 6.14. The Morgan fingerprint density at radius 2 is 2.00 bits per heavy atom. The van der Waals surface area contributed by atoms with Crippen LogP contribution < -0.4 is 11.3 Å². The van der Waals surface area contributed by atoms with Crippen LogP contribution in [0.4, 0.5) is 0 Å². The Bertz CT molecular complexity index is 358. The predicted molar refractivity (Wildman–Crippen MR) is 73.4 cm³/mol. The molecule has 18 heavy (non-hydrogen) atoms. The lowest BCUT2D eigenvalue weighted by Gasteiger charge is -2.23. The molecular weight excluding hydrogens is 250 g/mol. The summed E-state index contributed by atoms with van der Waals surface area (Å²) in [6.07, 6.45) is 0.306. The number of rotatable bonds is 6. The molecule has 5 nitrogen and oxygen atoms in total. The Hall–Kier alpha value is -0.530. The van der Waals surface area contributed by atoms with Crippen molar-refractivity contribution in [2.45, 2.75) is 44.9 Å². The molecule has 0 radical (unpaired) electrons. The van der Waals surface area contributed by atoms with Gasteiger partial charge in [0.2, 0.25) is 0 Å². The maximum absolute atomic E-state index is 5.53. The highest BCUT2D eigenvalue weighted by Gasteiger charge is 2.23. The number of hydrazine groups is 1. The van der Waals surface area contributed by atoms with Gasteiger partial charge in [0.05, 0.1) is 16.7 Å². The van der Waals surface area contributed by atoms with Gasteiger partial charge >= 0.3 is 0 Å². The van der Waals surface area contributed by atoms with Crippen LogP contribution >= 0.6 is 11.3 Å². The number of hydrogen-bond acceptors (Lipinski definition) is 6. The fourth-order valence-electron chi connectivity index (χ4n) is 1.60. The summed E-state index contributed by atoms with van der Waals surface area (Å²) in [7, 11) is 3.20. The van der Waals surface area contributed by atoms with E-state index in [0.29, 0.717) is 6.42 Å². The van der Waals surface area contributed by atoms with Crippen LogP contribution in [-0.2, 0) is 21.3 Å². The molecule has 104 valence electrons. The number of ether oxygens (including phenoxy) is 2. The van der Waals surface area contributed by atoms with E-state index in [1.807, 2.05) is 0 Å². The topological polar surface area (TPSA) is 69.4 Å². The van der Waals surface area contributed by atoms with E-state index in [1.54, 1.807) is 25.6 Å². The zero-order valence-corrected chi connectivity index (χ0v) is 12.5. The molecule has 1 unspecified atom stereocenters. The fraction of sp³-hybridized carbons (Fsp3) is 0.750. The van der Waals surface area contributed by atoms with Crippen LogP contribution in [0.15, 0.2) is 5.38 Å². The molecule has 0 bridgehead atoms. The van der Waals surface area contributed by atoms with E-state index in [2.05, 4.69) is 36.6 Å². The SMILES string of the molecule is COC(OC)C(Cc1nc(C(C)(C)C)cs1)NN. The quantitative estimate of drug-likeness (QED) is 0.466. The van der Waals surface area contributed by atoms with Gasteiger partial charge in [-0.1, -0.05) is 20.8 Å². The van der Waals surface area contributed by atoms with E-state index in [9.17, 15) is 0 Å². The number of nitrogens with two attached hydrogens (primary N) is 1. The highest BCUT2D eigenvalue weighted by Crippen LogP contribution is 2.24. The molecule has 0 fully saturated rings. The van der Waals surface area contributed by atoms with Crippen molar-refractivity contribution in [3.63, 3.8) is 0 Å². The summed E-state index contributed by atoms with van der Waals surface area (Å²) < 4.78 is 10.4. The molecule has 0 aliphatic carbocycles. The Balaban J connectivity index is 2.73. The molecule has 1 heterocycles. The van der Waals surface area contributed by atoms with E-state index in [4.69, 9.17) is 15.3 Å². The highest BCUT2D eigenvalue weighted by atomic mass is 32.1. The molecule has 6 heteroatoms. The van der Waals surface area contributed by atoms with Crippen LogP contribution in [0.2, 0.25) is 0 Å². The molecular formula is C12H23N3O2S. The molecule has 0 aliphatic rings. The molecule has 3 N–H and O–H groups in total. The van der Waals surface area contributed by atoms with Gasteiger partial charge in [-0.15, -0.1) is 11.3 Å². The van der Waals surface area contributed by atoms with Gasteiger partial charge in [0.1, 0.15) is 0 Å². The van der Waals surface area contributed by atoms with E-state index < -0.39 is 0 Å². The largest absolute Gasteiger partial charge is 0.354 e. The van der Waals surface area contributed by atoms with Gasteiger partial charge in [-0.25, -0.2) is 4.98 Å². The van der Waals surface area contributed by atoms with Crippen molar-refractivity contribution in [2.24, 2.45) is 5.84 Å². The number of nitrogens with one attached hydrogen (secondary N) is 1. The summed E-state index contributed by atoms with van der Waals surface area (Å²) in [5.74, 6) is 5.53. The number of nitrogens with zero attached hydrogens (tertiary/aromatic N) is 1. The lowest BCUT2D eigenvalue weighted by molar-refractivity contribution is -0.122. The van der Waals surface area contributed by atoms with Crippen molar-refractivity contribution in [3.8, 4) is 0 Å². The molecule has 1 rings (SSSR count). The molecule has 1 aromatic heterocycles. The van der Waals surface area contributed by atoms with Crippen LogP contribution in [0.5, 0.6) is 0 Å². The second kappa shape index (κ2) is 6.58. The Morgan fingerprint density at radius 1 is 1.39 bits per heavy atom. The normalized spacial score (nSPS) is 14.2. The first-order valence-electron chi connectivity index (χ1n) is 5.89. The van der Waals surface area contributed by atoms with Crippen LogP contribution in [-0.4, -0.2) is 31.5 Å². The van der Waals surface area contributed by atoms with Crippen molar-refractivity contribution < 1.29 is 9.47 Å². The van der Waals surface area contributed by atoms with Gasteiger partial charge in [0.25, 0.3) is 0 Å². The lowest BCUT2D eigenvalue weighted by Crippen LogP contribution is -2.47. The van der Waals surface area contributed by atoms with Crippen molar-refractivity contribution in [3.05, 3.63) is 16.1 Å². The second-order valence-electron chi connectivity index (χ2n) is 5.19. The third-order valence-corrected chi connectivity index (χ3v) is 3.59. The van der Waals surface area contributed by atoms with Gasteiger partial charge in [-0.05, 0) is 0 Å². The summed E-state index contributed by atoms with van der Waals surface area (Å²) in [5, 5.41) is 3.12. The lowest BCUT2D eigenvalue weighted by atomic mass is 9.93. The molecule has 0 saturated carbocycles. The Labute approximate surface area is 113 Å². The van der Waals surface area contributed by atoms with E-state index >= 15 is 0 Å².